The SMILES string of the molecule is Cc1cc(C(=O)NCC(C)CN)cc(C)c1OCC(=O)N1CCCCC1.Cl. The van der Waals surface area contributed by atoms with Gasteiger partial charge in [-0.1, -0.05) is 6.92 Å². The highest BCUT2D eigenvalue weighted by Gasteiger charge is 2.18. The van der Waals surface area contributed by atoms with Crippen molar-refractivity contribution in [1.29, 1.82) is 0 Å². The van der Waals surface area contributed by atoms with Crippen LogP contribution in [0.4, 0.5) is 0 Å². The van der Waals surface area contributed by atoms with Crippen molar-refractivity contribution in [1.82, 2.24) is 10.2 Å². The molecule has 1 saturated heterocycles. The van der Waals surface area contributed by atoms with E-state index in [0.717, 1.165) is 37.1 Å². The van der Waals surface area contributed by atoms with Crippen LogP contribution in [0.2, 0.25) is 0 Å². The fourth-order valence-corrected chi connectivity index (χ4v) is 3.13. The highest BCUT2D eigenvalue weighted by atomic mass is 35.5. The van der Waals surface area contributed by atoms with Crippen molar-refractivity contribution >= 4 is 24.2 Å². The summed E-state index contributed by atoms with van der Waals surface area (Å²) in [5, 5.41) is 2.90. The number of benzene rings is 1. The second kappa shape index (κ2) is 11.1. The number of nitrogens with two attached hydrogens (primary N) is 1. The fourth-order valence-electron chi connectivity index (χ4n) is 3.13. The highest BCUT2D eigenvalue weighted by Crippen LogP contribution is 2.25. The smallest absolute Gasteiger partial charge is 0.260 e. The van der Waals surface area contributed by atoms with Gasteiger partial charge in [-0.25, -0.2) is 0 Å². The zero-order chi connectivity index (χ0) is 19.1. The summed E-state index contributed by atoms with van der Waals surface area (Å²) in [7, 11) is 0. The summed E-state index contributed by atoms with van der Waals surface area (Å²) >= 11 is 0. The summed E-state index contributed by atoms with van der Waals surface area (Å²) in [5.41, 5.74) is 7.88. The highest BCUT2D eigenvalue weighted by molar-refractivity contribution is 5.95. The molecule has 152 valence electrons. The number of hydrogen-bond donors (Lipinski definition) is 2. The maximum absolute atomic E-state index is 12.3. The molecule has 1 aromatic carbocycles. The van der Waals surface area contributed by atoms with E-state index >= 15 is 0 Å². The van der Waals surface area contributed by atoms with Crippen LogP contribution in [0.3, 0.4) is 0 Å². The lowest BCUT2D eigenvalue weighted by Gasteiger charge is -2.26. The molecule has 1 unspecified atom stereocenters. The molecule has 0 bridgehead atoms. The van der Waals surface area contributed by atoms with E-state index in [4.69, 9.17) is 10.5 Å². The molecule has 0 radical (unpaired) electrons. The summed E-state index contributed by atoms with van der Waals surface area (Å²) in [4.78, 5) is 26.4. The first-order chi connectivity index (χ1) is 12.4. The molecule has 1 aromatic rings. The van der Waals surface area contributed by atoms with Crippen LogP contribution < -0.4 is 15.8 Å². The number of nitrogens with one attached hydrogen (secondary N) is 1. The Balaban J connectivity index is 0.00000364. The minimum absolute atomic E-state index is 0. The predicted molar refractivity (Wildman–Crippen MR) is 110 cm³/mol. The summed E-state index contributed by atoms with van der Waals surface area (Å²) in [6.45, 7) is 8.56. The Labute approximate surface area is 168 Å². The van der Waals surface area contributed by atoms with Crippen LogP contribution in [0.25, 0.3) is 0 Å². The Kier molecular flexibility index (Phi) is 9.60. The first-order valence-electron chi connectivity index (χ1n) is 9.42. The average Bonchev–Trinajstić information content (AvgIpc) is 2.65. The zero-order valence-electron chi connectivity index (χ0n) is 16.5. The Morgan fingerprint density at radius 1 is 1.19 bits per heavy atom. The molecule has 2 rings (SSSR count). The van der Waals surface area contributed by atoms with Gasteiger partial charge in [0.25, 0.3) is 11.8 Å². The molecule has 6 nitrogen and oxygen atoms in total. The van der Waals surface area contributed by atoms with Crippen LogP contribution in [0.5, 0.6) is 5.75 Å². The summed E-state index contributed by atoms with van der Waals surface area (Å²) in [5.74, 6) is 0.834. The van der Waals surface area contributed by atoms with Crippen LogP contribution in [0.15, 0.2) is 12.1 Å². The third-order valence-corrected chi connectivity index (χ3v) is 4.78. The number of likely N-dealkylation sites (tertiary alicyclic amines) is 1. The maximum Gasteiger partial charge on any atom is 0.260 e. The van der Waals surface area contributed by atoms with E-state index in [1.54, 1.807) is 12.1 Å². The van der Waals surface area contributed by atoms with Gasteiger partial charge in [0, 0.05) is 25.2 Å². The van der Waals surface area contributed by atoms with Gasteiger partial charge in [-0.05, 0) is 68.8 Å². The van der Waals surface area contributed by atoms with E-state index in [-0.39, 0.29) is 36.7 Å². The number of rotatable bonds is 7. The number of amides is 2. The second-order valence-electron chi connectivity index (χ2n) is 7.22. The van der Waals surface area contributed by atoms with Gasteiger partial charge in [0.2, 0.25) is 0 Å². The minimum atomic E-state index is -0.118. The number of nitrogens with zero attached hydrogens (tertiary/aromatic N) is 1. The van der Waals surface area contributed by atoms with Crippen molar-refractivity contribution in [2.75, 3.05) is 32.8 Å². The number of carbonyl (C=O) groups excluding carboxylic acids is 2. The van der Waals surface area contributed by atoms with E-state index in [9.17, 15) is 9.59 Å². The van der Waals surface area contributed by atoms with Crippen LogP contribution in [0.1, 0.15) is 47.7 Å². The lowest BCUT2D eigenvalue weighted by Crippen LogP contribution is -2.38. The Hall–Kier alpha value is -1.79. The largest absolute Gasteiger partial charge is 0.483 e. The van der Waals surface area contributed by atoms with Crippen LogP contribution in [-0.4, -0.2) is 49.5 Å². The van der Waals surface area contributed by atoms with Gasteiger partial charge in [-0.15, -0.1) is 12.4 Å². The number of aryl methyl sites for hydroxylation is 2. The first kappa shape index (κ1) is 23.2. The molecule has 0 saturated carbocycles. The van der Waals surface area contributed by atoms with Crippen LogP contribution in [-0.2, 0) is 4.79 Å². The number of carbonyl (C=O) groups is 2. The number of halogens is 1. The molecule has 1 aliphatic heterocycles. The van der Waals surface area contributed by atoms with Crippen molar-refractivity contribution < 1.29 is 14.3 Å². The third-order valence-electron chi connectivity index (χ3n) is 4.78. The Morgan fingerprint density at radius 3 is 2.33 bits per heavy atom. The van der Waals surface area contributed by atoms with Crippen molar-refractivity contribution in [2.45, 2.75) is 40.0 Å². The quantitative estimate of drug-likeness (QED) is 0.740. The maximum atomic E-state index is 12.3. The molecule has 1 aliphatic rings. The van der Waals surface area contributed by atoms with Crippen molar-refractivity contribution in [3.05, 3.63) is 28.8 Å². The topological polar surface area (TPSA) is 84.7 Å². The molecule has 1 fully saturated rings. The van der Waals surface area contributed by atoms with E-state index in [2.05, 4.69) is 5.32 Å². The molecule has 1 atom stereocenters. The van der Waals surface area contributed by atoms with E-state index < -0.39 is 0 Å². The van der Waals surface area contributed by atoms with Gasteiger partial charge in [0.15, 0.2) is 6.61 Å². The summed E-state index contributed by atoms with van der Waals surface area (Å²) < 4.78 is 5.79. The van der Waals surface area contributed by atoms with Gasteiger partial charge >= 0.3 is 0 Å². The molecule has 1 heterocycles. The average molecular weight is 398 g/mol. The second-order valence-corrected chi connectivity index (χ2v) is 7.22. The van der Waals surface area contributed by atoms with Crippen molar-refractivity contribution in [3.8, 4) is 5.75 Å². The molecule has 0 aliphatic carbocycles. The Morgan fingerprint density at radius 2 is 1.78 bits per heavy atom. The lowest BCUT2D eigenvalue weighted by molar-refractivity contribution is -0.134. The zero-order valence-corrected chi connectivity index (χ0v) is 17.4. The van der Waals surface area contributed by atoms with Gasteiger partial charge in [-0.2, -0.15) is 0 Å². The minimum Gasteiger partial charge on any atom is -0.483 e. The van der Waals surface area contributed by atoms with E-state index in [1.807, 2.05) is 25.7 Å². The molecule has 3 N–H and O–H groups in total. The van der Waals surface area contributed by atoms with Gasteiger partial charge in [0.05, 0.1) is 0 Å². The van der Waals surface area contributed by atoms with E-state index in [1.165, 1.54) is 6.42 Å². The summed E-state index contributed by atoms with van der Waals surface area (Å²) in [6, 6.07) is 3.60. The normalized spacial score (nSPS) is 14.9. The number of hydrogen-bond acceptors (Lipinski definition) is 4. The molecular weight excluding hydrogens is 366 g/mol. The molecular formula is C20H32ClN3O3. The third kappa shape index (κ3) is 6.70. The van der Waals surface area contributed by atoms with E-state index in [0.29, 0.717) is 24.4 Å². The Bertz CT molecular complexity index is 622. The number of ether oxygens (including phenoxy) is 1. The fraction of sp³-hybridized carbons (Fsp3) is 0.600. The molecule has 2 amide bonds. The monoisotopic (exact) mass is 397 g/mol. The van der Waals surface area contributed by atoms with Crippen LogP contribution in [0, 0.1) is 19.8 Å². The van der Waals surface area contributed by atoms with Crippen LogP contribution >= 0.6 is 12.4 Å². The summed E-state index contributed by atoms with van der Waals surface area (Å²) in [6.07, 6.45) is 3.32. The standard InChI is InChI=1S/C20H31N3O3.ClH/c1-14(11-21)12-22-20(25)17-9-15(2)19(16(3)10-17)26-13-18(24)23-7-5-4-6-8-23;/h9-10,14H,4-8,11-13,21H2,1-3H3,(H,22,25);1H. The first-order valence-corrected chi connectivity index (χ1v) is 9.42. The number of piperidine rings is 1. The van der Waals surface area contributed by atoms with Gasteiger partial charge < -0.3 is 20.7 Å². The molecule has 7 heteroatoms. The predicted octanol–water partition coefficient (Wildman–Crippen LogP) is 2.44. The molecule has 0 spiro atoms. The lowest BCUT2D eigenvalue weighted by atomic mass is 10.0. The molecule has 27 heavy (non-hydrogen) atoms. The van der Waals surface area contributed by atoms with Crippen molar-refractivity contribution in [2.24, 2.45) is 11.7 Å². The molecule has 0 aromatic heterocycles. The van der Waals surface area contributed by atoms with Gasteiger partial charge in [-0.3, -0.25) is 9.59 Å². The van der Waals surface area contributed by atoms with Gasteiger partial charge in [0.1, 0.15) is 5.75 Å². The van der Waals surface area contributed by atoms with Crippen molar-refractivity contribution in [3.63, 3.8) is 0 Å².